The molecule has 1 amide bonds. The number of nitrogens with two attached hydrogens (primary N) is 1. The molecule has 2 heterocycles. The molecule has 1 atom stereocenters. The third-order valence-corrected chi connectivity index (χ3v) is 3.12. The molecule has 1 saturated heterocycles. The maximum absolute atomic E-state index is 12.1. The van der Waals surface area contributed by atoms with Crippen LogP contribution in [0.25, 0.3) is 0 Å². The van der Waals surface area contributed by atoms with E-state index in [1.165, 1.54) is 6.20 Å². The number of hydrogen-bond donors (Lipinski definition) is 1. The largest absolute Gasteiger partial charge is 0.361 e. The van der Waals surface area contributed by atoms with Crippen molar-refractivity contribution in [1.82, 2.24) is 10.1 Å². The summed E-state index contributed by atoms with van der Waals surface area (Å²) in [6.07, 6.45) is 3.63. The molecule has 2 N–H and O–H groups in total. The lowest BCUT2D eigenvalue weighted by atomic mass is 9.98. The first-order valence-corrected chi connectivity index (χ1v) is 5.63. The van der Waals surface area contributed by atoms with Crippen LogP contribution in [0.4, 0.5) is 0 Å². The predicted octanol–water partition coefficient (Wildman–Crippen LogP) is 0.794. The maximum Gasteiger partial charge on any atom is 0.259 e. The van der Waals surface area contributed by atoms with Gasteiger partial charge >= 0.3 is 0 Å². The molecule has 0 saturated carbocycles. The number of aryl methyl sites for hydroxylation is 1. The smallest absolute Gasteiger partial charge is 0.259 e. The van der Waals surface area contributed by atoms with Crippen molar-refractivity contribution < 1.29 is 9.32 Å². The average molecular weight is 223 g/mol. The molecule has 1 aromatic heterocycles. The van der Waals surface area contributed by atoms with Crippen LogP contribution in [-0.4, -0.2) is 35.6 Å². The molecule has 1 unspecified atom stereocenters. The molecular formula is C11H17N3O2. The second-order valence-electron chi connectivity index (χ2n) is 4.29. The summed E-state index contributed by atoms with van der Waals surface area (Å²) in [5, 5.41) is 3.63. The van der Waals surface area contributed by atoms with Crippen LogP contribution in [0.5, 0.6) is 0 Å². The van der Waals surface area contributed by atoms with E-state index in [9.17, 15) is 4.79 Å². The van der Waals surface area contributed by atoms with Crippen LogP contribution >= 0.6 is 0 Å². The third-order valence-electron chi connectivity index (χ3n) is 3.12. The van der Waals surface area contributed by atoms with Gasteiger partial charge in [-0.3, -0.25) is 4.79 Å². The summed E-state index contributed by atoms with van der Waals surface area (Å²) in [5.41, 5.74) is 6.21. The number of nitrogens with zero attached hydrogens (tertiary/aromatic N) is 2. The highest BCUT2D eigenvalue weighted by atomic mass is 16.5. The van der Waals surface area contributed by atoms with E-state index in [1.807, 2.05) is 4.90 Å². The van der Waals surface area contributed by atoms with E-state index in [0.717, 1.165) is 25.9 Å². The van der Waals surface area contributed by atoms with Gasteiger partial charge in [-0.25, -0.2) is 0 Å². The van der Waals surface area contributed by atoms with E-state index in [2.05, 4.69) is 5.16 Å². The molecule has 1 fully saturated rings. The molecule has 0 spiro atoms. The van der Waals surface area contributed by atoms with E-state index in [-0.39, 0.29) is 5.91 Å². The zero-order chi connectivity index (χ0) is 11.5. The molecule has 0 radical (unpaired) electrons. The summed E-state index contributed by atoms with van der Waals surface area (Å²) in [5.74, 6) is 1.02. The molecule has 2 rings (SSSR count). The van der Waals surface area contributed by atoms with E-state index < -0.39 is 0 Å². The molecule has 0 aromatic carbocycles. The highest BCUT2D eigenvalue weighted by Gasteiger charge is 2.25. The molecule has 0 aliphatic carbocycles. The van der Waals surface area contributed by atoms with Crippen LogP contribution in [0.1, 0.15) is 29.0 Å². The molecule has 5 nitrogen and oxygen atoms in total. The Bertz CT molecular complexity index is 375. The molecule has 16 heavy (non-hydrogen) atoms. The van der Waals surface area contributed by atoms with Crippen molar-refractivity contribution in [1.29, 1.82) is 0 Å². The predicted molar refractivity (Wildman–Crippen MR) is 58.9 cm³/mol. The van der Waals surface area contributed by atoms with Gasteiger partial charge in [0.05, 0.1) is 6.20 Å². The van der Waals surface area contributed by atoms with E-state index in [1.54, 1.807) is 6.92 Å². The van der Waals surface area contributed by atoms with Crippen molar-refractivity contribution in [3.63, 3.8) is 0 Å². The zero-order valence-electron chi connectivity index (χ0n) is 9.48. The SMILES string of the molecule is Cc1oncc1C(=O)N1CCCC(CN)C1. The lowest BCUT2D eigenvalue weighted by Gasteiger charge is -2.31. The number of carbonyl (C=O) groups excluding carboxylic acids is 1. The van der Waals surface area contributed by atoms with Crippen LogP contribution in [-0.2, 0) is 0 Å². The molecule has 1 aromatic rings. The highest BCUT2D eigenvalue weighted by molar-refractivity contribution is 5.94. The van der Waals surface area contributed by atoms with Crippen LogP contribution in [0.3, 0.4) is 0 Å². The van der Waals surface area contributed by atoms with Crippen molar-refractivity contribution in [3.8, 4) is 0 Å². The number of amides is 1. The molecule has 0 bridgehead atoms. The van der Waals surface area contributed by atoms with Gasteiger partial charge in [-0.05, 0) is 32.2 Å². The standard InChI is InChI=1S/C11H17N3O2/c1-8-10(6-13-16-8)11(15)14-4-2-3-9(5-12)7-14/h6,9H,2-5,7,12H2,1H3. The van der Waals surface area contributed by atoms with Crippen LogP contribution in [0, 0.1) is 12.8 Å². The molecule has 5 heteroatoms. The van der Waals surface area contributed by atoms with Gasteiger partial charge in [0.15, 0.2) is 0 Å². The summed E-state index contributed by atoms with van der Waals surface area (Å²) in [4.78, 5) is 14.0. The number of rotatable bonds is 2. The normalized spacial score (nSPS) is 21.1. The van der Waals surface area contributed by atoms with Gasteiger partial charge in [0, 0.05) is 13.1 Å². The minimum Gasteiger partial charge on any atom is -0.361 e. The molecule has 1 aliphatic heterocycles. The Morgan fingerprint density at radius 2 is 2.56 bits per heavy atom. The van der Waals surface area contributed by atoms with Gasteiger partial charge in [0.2, 0.25) is 0 Å². The Labute approximate surface area is 94.6 Å². The lowest BCUT2D eigenvalue weighted by Crippen LogP contribution is -2.42. The van der Waals surface area contributed by atoms with Crippen LogP contribution < -0.4 is 5.73 Å². The highest BCUT2D eigenvalue weighted by Crippen LogP contribution is 2.18. The first-order chi connectivity index (χ1) is 7.72. The molecular weight excluding hydrogens is 206 g/mol. The Kier molecular flexibility index (Phi) is 3.24. The number of piperidine rings is 1. The minimum absolute atomic E-state index is 0.0110. The van der Waals surface area contributed by atoms with Gasteiger partial charge in [0.1, 0.15) is 11.3 Å². The summed E-state index contributed by atoms with van der Waals surface area (Å²) in [7, 11) is 0. The van der Waals surface area contributed by atoms with Crippen LogP contribution in [0.15, 0.2) is 10.7 Å². The van der Waals surface area contributed by atoms with Crippen molar-refractivity contribution >= 4 is 5.91 Å². The molecule has 88 valence electrons. The van der Waals surface area contributed by atoms with E-state index in [4.69, 9.17) is 10.3 Å². The maximum atomic E-state index is 12.1. The Hall–Kier alpha value is -1.36. The van der Waals surface area contributed by atoms with Gasteiger partial charge in [-0.1, -0.05) is 5.16 Å². The number of hydrogen-bond acceptors (Lipinski definition) is 4. The second-order valence-corrected chi connectivity index (χ2v) is 4.29. The van der Waals surface area contributed by atoms with Gasteiger partial charge < -0.3 is 15.2 Å². The topological polar surface area (TPSA) is 72.4 Å². The third kappa shape index (κ3) is 2.09. The number of carbonyl (C=O) groups is 1. The minimum atomic E-state index is 0.0110. The quantitative estimate of drug-likeness (QED) is 0.804. The number of aromatic nitrogens is 1. The van der Waals surface area contributed by atoms with Gasteiger partial charge in [-0.15, -0.1) is 0 Å². The average Bonchev–Trinajstić information content (AvgIpc) is 2.74. The fourth-order valence-corrected chi connectivity index (χ4v) is 2.12. The van der Waals surface area contributed by atoms with E-state index >= 15 is 0 Å². The second kappa shape index (κ2) is 4.65. The Morgan fingerprint density at radius 1 is 1.75 bits per heavy atom. The monoisotopic (exact) mass is 223 g/mol. The zero-order valence-corrected chi connectivity index (χ0v) is 9.48. The van der Waals surface area contributed by atoms with Crippen molar-refractivity contribution in [3.05, 3.63) is 17.5 Å². The Morgan fingerprint density at radius 3 is 3.19 bits per heavy atom. The fraction of sp³-hybridized carbons (Fsp3) is 0.636. The van der Waals surface area contributed by atoms with Gasteiger partial charge in [0.25, 0.3) is 5.91 Å². The summed E-state index contributed by atoms with van der Waals surface area (Å²) < 4.78 is 4.91. The van der Waals surface area contributed by atoms with Crippen LogP contribution in [0.2, 0.25) is 0 Å². The van der Waals surface area contributed by atoms with Gasteiger partial charge in [-0.2, -0.15) is 0 Å². The lowest BCUT2D eigenvalue weighted by molar-refractivity contribution is 0.0676. The first-order valence-electron chi connectivity index (χ1n) is 5.63. The fourth-order valence-electron chi connectivity index (χ4n) is 2.12. The van der Waals surface area contributed by atoms with Crippen molar-refractivity contribution in [2.75, 3.05) is 19.6 Å². The number of likely N-dealkylation sites (tertiary alicyclic amines) is 1. The molecule has 1 aliphatic rings. The summed E-state index contributed by atoms with van der Waals surface area (Å²) >= 11 is 0. The van der Waals surface area contributed by atoms with E-state index in [0.29, 0.717) is 23.8 Å². The van der Waals surface area contributed by atoms with Crippen molar-refractivity contribution in [2.24, 2.45) is 11.7 Å². The summed E-state index contributed by atoms with van der Waals surface area (Å²) in [6.45, 7) is 3.96. The summed E-state index contributed by atoms with van der Waals surface area (Å²) in [6, 6.07) is 0. The Balaban J connectivity index is 2.07. The first kappa shape index (κ1) is 11.1. The van der Waals surface area contributed by atoms with Crippen molar-refractivity contribution in [2.45, 2.75) is 19.8 Å².